The number of anilines is 1. The normalized spacial score (nSPS) is 14.3. The summed E-state index contributed by atoms with van der Waals surface area (Å²) in [6.45, 7) is 7.94. The Bertz CT molecular complexity index is 1070. The van der Waals surface area contributed by atoms with Crippen LogP contribution in [0.15, 0.2) is 24.5 Å². The van der Waals surface area contributed by atoms with E-state index in [0.717, 1.165) is 28.5 Å². The molecule has 1 aliphatic heterocycles. The van der Waals surface area contributed by atoms with E-state index in [1.807, 2.05) is 33.9 Å². The average Bonchev–Trinajstić information content (AvgIpc) is 2.97. The molecule has 2 aromatic heterocycles. The first kappa shape index (κ1) is 17.8. The molecule has 0 fully saturated rings. The highest BCUT2D eigenvalue weighted by Gasteiger charge is 2.35. The molecule has 1 aromatic carbocycles. The number of aromatic nitrogens is 3. The number of halogens is 2. The Hall–Kier alpha value is -2.60. The Labute approximate surface area is 162 Å². The first-order valence-electron chi connectivity index (χ1n) is 8.61. The second kappa shape index (κ2) is 5.96. The fourth-order valence-corrected chi connectivity index (χ4v) is 3.96. The lowest BCUT2D eigenvalue weighted by molar-refractivity contribution is 0.399. The van der Waals surface area contributed by atoms with Crippen LogP contribution in [0.4, 0.5) is 10.1 Å². The predicted molar refractivity (Wildman–Crippen MR) is 104 cm³/mol. The lowest BCUT2D eigenvalue weighted by Crippen LogP contribution is -2.36. The van der Waals surface area contributed by atoms with Gasteiger partial charge in [-0.1, -0.05) is 11.6 Å². The number of imidazole rings is 1. The molecule has 0 amide bonds. The molecule has 0 saturated heterocycles. The van der Waals surface area contributed by atoms with E-state index >= 15 is 4.39 Å². The van der Waals surface area contributed by atoms with Crippen LogP contribution < -0.4 is 10.1 Å². The fraction of sp³-hybridized carbons (Fsp3) is 0.300. The molecule has 0 unspecified atom stereocenters. The van der Waals surface area contributed by atoms with Gasteiger partial charge in [0, 0.05) is 29.2 Å². The molecule has 0 aliphatic carbocycles. The number of pyridine rings is 1. The maximum absolute atomic E-state index is 15.2. The highest BCUT2D eigenvalue weighted by molar-refractivity contribution is 6.30. The zero-order valence-corrected chi connectivity index (χ0v) is 16.6. The molecule has 27 heavy (non-hydrogen) atoms. The molecule has 4 rings (SSSR count). The van der Waals surface area contributed by atoms with Gasteiger partial charge in [-0.3, -0.25) is 4.57 Å². The number of benzene rings is 1. The molecule has 3 heterocycles. The molecule has 5 nitrogen and oxygen atoms in total. The summed E-state index contributed by atoms with van der Waals surface area (Å²) in [5.74, 6) is 0.843. The molecule has 0 saturated carbocycles. The van der Waals surface area contributed by atoms with E-state index in [2.05, 4.69) is 19.9 Å². The summed E-state index contributed by atoms with van der Waals surface area (Å²) >= 11 is 6.13. The number of hydrogen-bond acceptors (Lipinski definition) is 4. The third-order valence-electron chi connectivity index (χ3n) is 4.94. The van der Waals surface area contributed by atoms with Crippen LogP contribution >= 0.6 is 11.6 Å². The molecule has 1 aliphatic rings. The SMILES string of the molecule is COc1ncc(Cl)cc1-c1c(F)cc2c(c1C)-n1c(C)cnc1C(C)(C)N2. The van der Waals surface area contributed by atoms with Gasteiger partial charge < -0.3 is 10.1 Å². The monoisotopic (exact) mass is 386 g/mol. The van der Waals surface area contributed by atoms with E-state index in [1.165, 1.54) is 19.4 Å². The summed E-state index contributed by atoms with van der Waals surface area (Å²) in [6.07, 6.45) is 3.32. The minimum Gasteiger partial charge on any atom is -0.481 e. The maximum Gasteiger partial charge on any atom is 0.221 e. The van der Waals surface area contributed by atoms with Gasteiger partial charge in [0.25, 0.3) is 0 Å². The van der Waals surface area contributed by atoms with Crippen molar-refractivity contribution in [2.45, 2.75) is 33.2 Å². The van der Waals surface area contributed by atoms with Crippen molar-refractivity contribution in [2.75, 3.05) is 12.4 Å². The number of fused-ring (bicyclic) bond motifs is 3. The first-order chi connectivity index (χ1) is 12.7. The highest BCUT2D eigenvalue weighted by atomic mass is 35.5. The second-order valence-corrected chi connectivity index (χ2v) is 7.71. The lowest BCUT2D eigenvalue weighted by Gasteiger charge is -2.36. The zero-order valence-electron chi connectivity index (χ0n) is 15.8. The number of methoxy groups -OCH3 is 1. The number of rotatable bonds is 2. The van der Waals surface area contributed by atoms with Crippen LogP contribution in [-0.2, 0) is 5.54 Å². The van der Waals surface area contributed by atoms with Crippen LogP contribution in [0, 0.1) is 19.7 Å². The van der Waals surface area contributed by atoms with Crippen molar-refractivity contribution in [3.8, 4) is 22.7 Å². The van der Waals surface area contributed by atoms with Gasteiger partial charge in [-0.05, 0) is 45.4 Å². The summed E-state index contributed by atoms with van der Waals surface area (Å²) in [5.41, 5.74) is 3.86. The van der Waals surface area contributed by atoms with E-state index < -0.39 is 5.54 Å². The van der Waals surface area contributed by atoms with E-state index in [0.29, 0.717) is 22.0 Å². The number of hydrogen-bond donors (Lipinski definition) is 1. The molecule has 3 aromatic rings. The van der Waals surface area contributed by atoms with Crippen LogP contribution in [0.3, 0.4) is 0 Å². The number of nitrogens with zero attached hydrogens (tertiary/aromatic N) is 3. The van der Waals surface area contributed by atoms with Crippen LogP contribution in [0.1, 0.15) is 30.9 Å². The highest BCUT2D eigenvalue weighted by Crippen LogP contribution is 2.44. The Morgan fingerprint density at radius 2 is 1.93 bits per heavy atom. The van der Waals surface area contributed by atoms with Gasteiger partial charge in [-0.2, -0.15) is 0 Å². The Morgan fingerprint density at radius 1 is 1.19 bits per heavy atom. The van der Waals surface area contributed by atoms with Crippen molar-refractivity contribution >= 4 is 17.3 Å². The summed E-state index contributed by atoms with van der Waals surface area (Å²) in [7, 11) is 1.51. The molecular formula is C20H20ClFN4O. The Kier molecular flexibility index (Phi) is 3.93. The van der Waals surface area contributed by atoms with Crippen molar-refractivity contribution in [3.05, 3.63) is 52.4 Å². The molecule has 0 atom stereocenters. The quantitative estimate of drug-likeness (QED) is 0.672. The van der Waals surface area contributed by atoms with Crippen molar-refractivity contribution < 1.29 is 9.13 Å². The van der Waals surface area contributed by atoms with Crippen molar-refractivity contribution in [2.24, 2.45) is 0 Å². The second-order valence-electron chi connectivity index (χ2n) is 7.27. The lowest BCUT2D eigenvalue weighted by atomic mass is 9.93. The van der Waals surface area contributed by atoms with Gasteiger partial charge in [0.1, 0.15) is 11.6 Å². The molecule has 7 heteroatoms. The van der Waals surface area contributed by atoms with Gasteiger partial charge in [-0.15, -0.1) is 0 Å². The third kappa shape index (κ3) is 2.58. The van der Waals surface area contributed by atoms with Gasteiger partial charge in [0.05, 0.1) is 29.0 Å². The maximum atomic E-state index is 15.2. The third-order valence-corrected chi connectivity index (χ3v) is 5.15. The number of aryl methyl sites for hydroxylation is 1. The Morgan fingerprint density at radius 3 is 2.63 bits per heavy atom. The minimum absolute atomic E-state index is 0.327. The van der Waals surface area contributed by atoms with E-state index in [-0.39, 0.29) is 5.82 Å². The van der Waals surface area contributed by atoms with Gasteiger partial charge >= 0.3 is 0 Å². The molecule has 0 radical (unpaired) electrons. The standard InChI is InChI=1S/C20H20ClFN4O/c1-10-8-24-19-20(3,4)25-15-7-14(22)16(11(2)17(15)26(10)19)13-6-12(21)9-23-18(13)27-5/h6-9,25H,1-5H3. The topological polar surface area (TPSA) is 52.0 Å². The minimum atomic E-state index is -0.420. The largest absolute Gasteiger partial charge is 0.481 e. The molecule has 0 spiro atoms. The number of nitrogens with one attached hydrogen (secondary N) is 1. The van der Waals surface area contributed by atoms with Crippen molar-refractivity contribution in [1.29, 1.82) is 0 Å². The van der Waals surface area contributed by atoms with Gasteiger partial charge in [-0.25, -0.2) is 14.4 Å². The van der Waals surface area contributed by atoms with Crippen molar-refractivity contribution in [3.63, 3.8) is 0 Å². The first-order valence-corrected chi connectivity index (χ1v) is 8.98. The van der Waals surface area contributed by atoms with Gasteiger partial charge in [0.2, 0.25) is 5.88 Å². The number of ether oxygens (including phenoxy) is 1. The molecule has 140 valence electrons. The zero-order chi connectivity index (χ0) is 19.5. The van der Waals surface area contributed by atoms with Gasteiger partial charge in [0.15, 0.2) is 0 Å². The summed E-state index contributed by atoms with van der Waals surface area (Å²) in [4.78, 5) is 8.76. The molecule has 0 bridgehead atoms. The summed E-state index contributed by atoms with van der Waals surface area (Å²) < 4.78 is 22.7. The van der Waals surface area contributed by atoms with Crippen LogP contribution in [0.5, 0.6) is 5.88 Å². The van der Waals surface area contributed by atoms with E-state index in [9.17, 15) is 0 Å². The molecular weight excluding hydrogens is 367 g/mol. The van der Waals surface area contributed by atoms with Crippen molar-refractivity contribution in [1.82, 2.24) is 14.5 Å². The fourth-order valence-electron chi connectivity index (χ4n) is 3.80. The smallest absolute Gasteiger partial charge is 0.221 e. The average molecular weight is 387 g/mol. The Balaban J connectivity index is 2.06. The predicted octanol–water partition coefficient (Wildman–Crippen LogP) is 5.01. The van der Waals surface area contributed by atoms with E-state index in [1.54, 1.807) is 6.07 Å². The van der Waals surface area contributed by atoms with E-state index in [4.69, 9.17) is 16.3 Å². The van der Waals surface area contributed by atoms with Crippen LogP contribution in [-0.4, -0.2) is 21.6 Å². The summed E-state index contributed by atoms with van der Waals surface area (Å²) in [6, 6.07) is 3.19. The summed E-state index contributed by atoms with van der Waals surface area (Å²) in [5, 5.41) is 3.83. The van der Waals surface area contributed by atoms with Crippen LogP contribution in [0.2, 0.25) is 5.02 Å². The molecule has 1 N–H and O–H groups in total. The van der Waals surface area contributed by atoms with Crippen LogP contribution in [0.25, 0.3) is 16.8 Å².